The molecule has 11 aromatic rings. The Balaban J connectivity index is 1.11. The number of rotatable bonds is 7. The predicted octanol–water partition coefficient (Wildman–Crippen LogP) is 14.2. The van der Waals surface area contributed by atoms with E-state index in [4.69, 9.17) is 19.4 Å². The zero-order chi connectivity index (χ0) is 38.4. The number of hydrogen-bond donors (Lipinski definition) is 0. The first-order chi connectivity index (χ1) is 28.7. The first kappa shape index (κ1) is 33.4. The maximum absolute atomic E-state index is 6.82. The van der Waals surface area contributed by atoms with E-state index in [0.29, 0.717) is 17.5 Å². The Kier molecular flexibility index (Phi) is 8.07. The quantitative estimate of drug-likeness (QED) is 0.163. The van der Waals surface area contributed by atoms with Gasteiger partial charge in [0.2, 0.25) is 0 Å². The molecule has 0 aliphatic carbocycles. The number of furan rings is 1. The molecule has 0 fully saturated rings. The van der Waals surface area contributed by atoms with Crippen LogP contribution in [0.25, 0.3) is 88.8 Å². The Labute approximate surface area is 335 Å². The van der Waals surface area contributed by atoms with Gasteiger partial charge in [-0.25, -0.2) is 15.0 Å². The number of anilines is 3. The fourth-order valence-electron chi connectivity index (χ4n) is 7.97. The Bertz CT molecular complexity index is 3210. The monoisotopic (exact) mass is 742 g/mol. The van der Waals surface area contributed by atoms with Crippen molar-refractivity contribution in [3.8, 4) is 45.3 Å². The lowest BCUT2D eigenvalue weighted by atomic mass is 9.97. The van der Waals surface area contributed by atoms with Crippen molar-refractivity contribution in [2.45, 2.75) is 0 Å². The van der Waals surface area contributed by atoms with Gasteiger partial charge in [0.15, 0.2) is 17.5 Å². The molecule has 0 atom stereocenters. The molecule has 0 aliphatic heterocycles. The van der Waals surface area contributed by atoms with Crippen LogP contribution >= 0.6 is 0 Å². The fourth-order valence-corrected chi connectivity index (χ4v) is 7.97. The second-order valence-electron chi connectivity index (χ2n) is 14.5. The Hall–Kier alpha value is -7.89. The highest BCUT2D eigenvalue weighted by Crippen LogP contribution is 2.42. The average molecular weight is 743 g/mol. The third-order valence-corrected chi connectivity index (χ3v) is 10.8. The zero-order valence-corrected chi connectivity index (χ0v) is 31.3. The van der Waals surface area contributed by atoms with Crippen LogP contribution in [0.3, 0.4) is 0 Å². The maximum atomic E-state index is 6.82. The molecule has 9 aromatic carbocycles. The van der Waals surface area contributed by atoms with E-state index in [0.717, 1.165) is 77.6 Å². The van der Waals surface area contributed by atoms with Crippen molar-refractivity contribution in [3.05, 3.63) is 206 Å². The van der Waals surface area contributed by atoms with Crippen molar-refractivity contribution in [2.75, 3.05) is 4.90 Å². The summed E-state index contributed by atoms with van der Waals surface area (Å²) in [5.74, 6) is 1.83. The van der Waals surface area contributed by atoms with Gasteiger partial charge in [0.05, 0.1) is 0 Å². The standard InChI is InChI=1S/C53H34N4O/c1-4-15-37(16-5-1)51-54-52(38-17-6-2-7-18-38)56-53(55-51)42-32-46(50-48(33-42)47-31-40-20-12-13-21-41(40)34-49(47)58-50)36-25-27-44(28-26-36)57(43-22-8-3-9-23-43)45-29-24-35-14-10-11-19-39(35)30-45/h1-34H. The summed E-state index contributed by atoms with van der Waals surface area (Å²) in [7, 11) is 0. The van der Waals surface area contributed by atoms with Crippen LogP contribution in [0.2, 0.25) is 0 Å². The van der Waals surface area contributed by atoms with Gasteiger partial charge < -0.3 is 9.32 Å². The molecule has 5 nitrogen and oxygen atoms in total. The van der Waals surface area contributed by atoms with Crippen molar-refractivity contribution < 1.29 is 4.42 Å². The molecule has 0 amide bonds. The molecule has 0 saturated carbocycles. The molecule has 272 valence electrons. The molecular weight excluding hydrogens is 709 g/mol. The van der Waals surface area contributed by atoms with E-state index in [1.807, 2.05) is 60.7 Å². The third kappa shape index (κ3) is 6.03. The van der Waals surface area contributed by atoms with E-state index >= 15 is 0 Å². The number of benzene rings is 9. The van der Waals surface area contributed by atoms with Crippen molar-refractivity contribution in [3.63, 3.8) is 0 Å². The summed E-state index contributed by atoms with van der Waals surface area (Å²) >= 11 is 0. The molecule has 0 unspecified atom stereocenters. The molecule has 0 saturated heterocycles. The molecule has 0 spiro atoms. The fraction of sp³-hybridized carbons (Fsp3) is 0. The molecule has 0 N–H and O–H groups in total. The van der Waals surface area contributed by atoms with Gasteiger partial charge in [0.25, 0.3) is 0 Å². The maximum Gasteiger partial charge on any atom is 0.164 e. The highest BCUT2D eigenvalue weighted by molar-refractivity contribution is 6.14. The van der Waals surface area contributed by atoms with Gasteiger partial charge in [0, 0.05) is 50.1 Å². The summed E-state index contributed by atoms with van der Waals surface area (Å²) in [5.41, 5.74) is 9.57. The first-order valence-corrected chi connectivity index (χ1v) is 19.4. The lowest BCUT2D eigenvalue weighted by Crippen LogP contribution is -2.09. The van der Waals surface area contributed by atoms with Gasteiger partial charge in [-0.05, 0) is 87.8 Å². The number of fused-ring (bicyclic) bond motifs is 5. The molecule has 0 bridgehead atoms. The second-order valence-corrected chi connectivity index (χ2v) is 14.5. The molecule has 5 heteroatoms. The molecule has 2 aromatic heterocycles. The summed E-state index contributed by atoms with van der Waals surface area (Å²) in [6.45, 7) is 0. The van der Waals surface area contributed by atoms with Gasteiger partial charge in [0.1, 0.15) is 11.2 Å². The number of aromatic nitrogens is 3. The summed E-state index contributed by atoms with van der Waals surface area (Å²) in [5, 5.41) is 6.73. The van der Waals surface area contributed by atoms with Crippen molar-refractivity contribution in [1.82, 2.24) is 15.0 Å². The highest BCUT2D eigenvalue weighted by atomic mass is 16.3. The van der Waals surface area contributed by atoms with E-state index in [2.05, 4.69) is 150 Å². The Morgan fingerprint density at radius 2 is 0.828 bits per heavy atom. The van der Waals surface area contributed by atoms with Gasteiger partial charge in [-0.1, -0.05) is 146 Å². The van der Waals surface area contributed by atoms with Crippen molar-refractivity contribution in [1.29, 1.82) is 0 Å². The minimum Gasteiger partial charge on any atom is -0.455 e. The molecule has 0 radical (unpaired) electrons. The Morgan fingerprint density at radius 3 is 1.47 bits per heavy atom. The summed E-state index contributed by atoms with van der Waals surface area (Å²) in [6, 6.07) is 71.7. The van der Waals surface area contributed by atoms with E-state index < -0.39 is 0 Å². The molecule has 2 heterocycles. The van der Waals surface area contributed by atoms with E-state index in [1.54, 1.807) is 0 Å². The molecular formula is C53H34N4O. The van der Waals surface area contributed by atoms with Crippen LogP contribution < -0.4 is 4.90 Å². The summed E-state index contributed by atoms with van der Waals surface area (Å²) in [4.78, 5) is 17.5. The third-order valence-electron chi connectivity index (χ3n) is 10.8. The molecule has 11 rings (SSSR count). The van der Waals surface area contributed by atoms with Crippen LogP contribution in [-0.2, 0) is 0 Å². The smallest absolute Gasteiger partial charge is 0.164 e. The van der Waals surface area contributed by atoms with Crippen LogP contribution in [0.1, 0.15) is 0 Å². The van der Waals surface area contributed by atoms with Gasteiger partial charge in [-0.15, -0.1) is 0 Å². The SMILES string of the molecule is c1ccc(-c2nc(-c3ccccc3)nc(-c3cc(-c4ccc(N(c5ccccc5)c5ccc6ccccc6c5)cc4)c4oc5cc6ccccc6cc5c4c3)n2)cc1. The van der Waals surface area contributed by atoms with Gasteiger partial charge in [-0.2, -0.15) is 0 Å². The van der Waals surface area contributed by atoms with Crippen LogP contribution in [-0.4, -0.2) is 15.0 Å². The minimum atomic E-state index is 0.592. The largest absolute Gasteiger partial charge is 0.455 e. The lowest BCUT2D eigenvalue weighted by molar-refractivity contribution is 0.670. The lowest BCUT2D eigenvalue weighted by Gasteiger charge is -2.26. The molecule has 58 heavy (non-hydrogen) atoms. The Morgan fingerprint density at radius 1 is 0.328 bits per heavy atom. The first-order valence-electron chi connectivity index (χ1n) is 19.4. The van der Waals surface area contributed by atoms with Crippen LogP contribution in [0, 0.1) is 0 Å². The van der Waals surface area contributed by atoms with Crippen molar-refractivity contribution >= 4 is 60.5 Å². The summed E-state index contributed by atoms with van der Waals surface area (Å²) in [6.07, 6.45) is 0. The highest BCUT2D eigenvalue weighted by Gasteiger charge is 2.20. The van der Waals surface area contributed by atoms with Crippen LogP contribution in [0.15, 0.2) is 211 Å². The number of nitrogens with zero attached hydrogens (tertiary/aromatic N) is 4. The van der Waals surface area contributed by atoms with E-state index in [1.165, 1.54) is 10.8 Å². The normalized spacial score (nSPS) is 11.4. The van der Waals surface area contributed by atoms with Crippen LogP contribution in [0.5, 0.6) is 0 Å². The summed E-state index contributed by atoms with van der Waals surface area (Å²) < 4.78 is 6.82. The van der Waals surface area contributed by atoms with E-state index in [9.17, 15) is 0 Å². The number of para-hydroxylation sites is 1. The van der Waals surface area contributed by atoms with E-state index in [-0.39, 0.29) is 0 Å². The van der Waals surface area contributed by atoms with Gasteiger partial charge in [-0.3, -0.25) is 0 Å². The second kappa shape index (κ2) is 14.0. The van der Waals surface area contributed by atoms with Crippen LogP contribution in [0.4, 0.5) is 17.1 Å². The predicted molar refractivity (Wildman–Crippen MR) is 239 cm³/mol. The topological polar surface area (TPSA) is 55.1 Å². The van der Waals surface area contributed by atoms with Crippen molar-refractivity contribution in [2.24, 2.45) is 0 Å². The zero-order valence-electron chi connectivity index (χ0n) is 31.3. The number of hydrogen-bond acceptors (Lipinski definition) is 5. The molecule has 0 aliphatic rings. The minimum absolute atomic E-state index is 0.592. The van der Waals surface area contributed by atoms with Gasteiger partial charge >= 0.3 is 0 Å². The average Bonchev–Trinajstić information content (AvgIpc) is 3.66.